The Morgan fingerprint density at radius 1 is 1.42 bits per heavy atom. The first-order valence-corrected chi connectivity index (χ1v) is 2.89. The van der Waals surface area contributed by atoms with Gasteiger partial charge in [-0.15, -0.1) is 0 Å². The Labute approximate surface area is 68.1 Å². The molecule has 0 heterocycles. The van der Waals surface area contributed by atoms with Gasteiger partial charge in [0, 0.05) is 5.70 Å². The van der Waals surface area contributed by atoms with Crippen LogP contribution in [0.15, 0.2) is 11.3 Å². The molecule has 64 valence electrons. The number of carbonyl (C=O) groups excluding carboxylic acids is 1. The Morgan fingerprint density at radius 2 is 1.92 bits per heavy atom. The molecule has 0 aliphatic heterocycles. The zero-order valence-corrected chi connectivity index (χ0v) is 6.07. The van der Waals surface area contributed by atoms with Gasteiger partial charge in [0.25, 0.3) is 0 Å². The van der Waals surface area contributed by atoms with Crippen molar-refractivity contribution in [2.75, 3.05) is 0 Å². The number of carboxylic acid groups (broad SMARTS) is 1. The van der Waals surface area contributed by atoms with Gasteiger partial charge < -0.3 is 16.6 Å². The lowest BCUT2D eigenvalue weighted by molar-refractivity contribution is -0.132. The molecule has 0 aromatic heterocycles. The van der Waals surface area contributed by atoms with Crippen molar-refractivity contribution in [1.82, 2.24) is 0 Å². The second-order valence-corrected chi connectivity index (χ2v) is 1.96. The van der Waals surface area contributed by atoms with Gasteiger partial charge in [-0.25, -0.2) is 4.79 Å². The summed E-state index contributed by atoms with van der Waals surface area (Å²) in [5.74, 6) is -2.24. The van der Waals surface area contributed by atoms with Gasteiger partial charge in [-0.3, -0.25) is 4.79 Å². The minimum absolute atomic E-state index is 0.322. The summed E-state index contributed by atoms with van der Waals surface area (Å²) in [4.78, 5) is 20.5. The maximum atomic E-state index is 10.3. The van der Waals surface area contributed by atoms with Crippen LogP contribution < -0.4 is 11.5 Å². The summed E-state index contributed by atoms with van der Waals surface area (Å²) in [7, 11) is 0. The van der Waals surface area contributed by atoms with E-state index < -0.39 is 23.9 Å². The maximum absolute atomic E-state index is 10.3. The molecule has 6 heteroatoms. The highest BCUT2D eigenvalue weighted by molar-refractivity contribution is 5.93. The number of primary amides is 1. The quantitative estimate of drug-likeness (QED) is 0.356. The average Bonchev–Trinajstić information content (AvgIpc) is 1.85. The zero-order valence-electron chi connectivity index (χ0n) is 6.07. The summed E-state index contributed by atoms with van der Waals surface area (Å²) in [6, 6.07) is 1.35. The van der Waals surface area contributed by atoms with E-state index in [1.165, 1.54) is 6.07 Å². The van der Waals surface area contributed by atoms with E-state index >= 15 is 0 Å². The molecule has 12 heavy (non-hydrogen) atoms. The second-order valence-electron chi connectivity index (χ2n) is 1.96. The standard InChI is InChI=1S/C6H7N3O3/c7-2-3(6(11)12)4(8)1-5(9)10/h1,8H2,(H2,9,10)(H,11,12)/b4-3-. The predicted octanol–water partition coefficient (Wildman–Crippen LogP) is -1.32. The number of aliphatic carboxylic acids is 1. The lowest BCUT2D eigenvalue weighted by Crippen LogP contribution is -2.18. The highest BCUT2D eigenvalue weighted by Gasteiger charge is 2.12. The van der Waals surface area contributed by atoms with Crippen LogP contribution >= 0.6 is 0 Å². The summed E-state index contributed by atoms with van der Waals surface area (Å²) in [6.45, 7) is 0. The van der Waals surface area contributed by atoms with Crippen molar-refractivity contribution >= 4 is 11.9 Å². The summed E-state index contributed by atoms with van der Waals surface area (Å²) in [5.41, 5.74) is 8.87. The van der Waals surface area contributed by atoms with E-state index in [1.807, 2.05) is 0 Å². The van der Waals surface area contributed by atoms with Crippen LogP contribution in [-0.4, -0.2) is 17.0 Å². The van der Waals surface area contributed by atoms with Crippen LogP contribution in [0.25, 0.3) is 0 Å². The highest BCUT2D eigenvalue weighted by atomic mass is 16.4. The second kappa shape index (κ2) is 3.98. The van der Waals surface area contributed by atoms with Crippen LogP contribution in [0.2, 0.25) is 0 Å². The number of carbonyl (C=O) groups is 2. The van der Waals surface area contributed by atoms with E-state index in [0.29, 0.717) is 0 Å². The van der Waals surface area contributed by atoms with Crippen molar-refractivity contribution in [2.45, 2.75) is 6.42 Å². The van der Waals surface area contributed by atoms with Crippen LogP contribution in [-0.2, 0) is 9.59 Å². The first kappa shape index (κ1) is 9.97. The Kier molecular flexibility index (Phi) is 3.30. The molecule has 0 saturated heterocycles. The fraction of sp³-hybridized carbons (Fsp3) is 0.167. The minimum Gasteiger partial charge on any atom is -0.477 e. The van der Waals surface area contributed by atoms with Crippen LogP contribution in [0.5, 0.6) is 0 Å². The summed E-state index contributed by atoms with van der Waals surface area (Å²) in [6.07, 6.45) is -0.421. The summed E-state index contributed by atoms with van der Waals surface area (Å²) in [5, 5.41) is 16.6. The van der Waals surface area contributed by atoms with Crippen molar-refractivity contribution in [2.24, 2.45) is 11.5 Å². The fourth-order valence-corrected chi connectivity index (χ4v) is 0.533. The van der Waals surface area contributed by atoms with Crippen LogP contribution in [0.3, 0.4) is 0 Å². The lowest BCUT2D eigenvalue weighted by Gasteiger charge is -1.97. The van der Waals surface area contributed by atoms with E-state index in [-0.39, 0.29) is 5.70 Å². The Hall–Kier alpha value is -2.03. The Morgan fingerprint density at radius 3 is 2.17 bits per heavy atom. The molecule has 0 radical (unpaired) electrons. The van der Waals surface area contributed by atoms with Crippen molar-refractivity contribution < 1.29 is 14.7 Å². The SMILES string of the molecule is N#C/C(C(=O)O)=C(/N)CC(N)=O. The fourth-order valence-electron chi connectivity index (χ4n) is 0.533. The number of nitriles is 1. The number of nitrogens with two attached hydrogens (primary N) is 2. The highest BCUT2D eigenvalue weighted by Crippen LogP contribution is 2.01. The van der Waals surface area contributed by atoms with Gasteiger partial charge in [-0.2, -0.15) is 5.26 Å². The van der Waals surface area contributed by atoms with E-state index in [1.54, 1.807) is 0 Å². The molecule has 0 rings (SSSR count). The normalized spacial score (nSPS) is 11.2. The average molecular weight is 169 g/mol. The maximum Gasteiger partial charge on any atom is 0.348 e. The van der Waals surface area contributed by atoms with E-state index in [4.69, 9.17) is 21.8 Å². The van der Waals surface area contributed by atoms with Gasteiger partial charge in [0.1, 0.15) is 6.07 Å². The minimum atomic E-state index is -1.46. The molecule has 0 saturated carbocycles. The number of carboxylic acids is 1. The largest absolute Gasteiger partial charge is 0.477 e. The van der Waals surface area contributed by atoms with Crippen molar-refractivity contribution in [3.8, 4) is 6.07 Å². The van der Waals surface area contributed by atoms with Crippen LogP contribution in [0.4, 0.5) is 0 Å². The molecule has 0 aliphatic rings. The number of hydrogen-bond donors (Lipinski definition) is 3. The third kappa shape index (κ3) is 2.70. The third-order valence-corrected chi connectivity index (χ3v) is 1.01. The molecule has 0 unspecified atom stereocenters. The third-order valence-electron chi connectivity index (χ3n) is 1.01. The van der Waals surface area contributed by atoms with Crippen LogP contribution in [0, 0.1) is 11.3 Å². The predicted molar refractivity (Wildman–Crippen MR) is 38.3 cm³/mol. The topological polar surface area (TPSA) is 130 Å². The smallest absolute Gasteiger partial charge is 0.348 e. The molecule has 0 atom stereocenters. The molecular weight excluding hydrogens is 162 g/mol. The van der Waals surface area contributed by atoms with E-state index in [2.05, 4.69) is 0 Å². The number of hydrogen-bond acceptors (Lipinski definition) is 4. The molecule has 5 N–H and O–H groups in total. The molecule has 6 nitrogen and oxygen atoms in total. The Balaban J connectivity index is 4.76. The van der Waals surface area contributed by atoms with Gasteiger partial charge in [0.2, 0.25) is 5.91 Å². The number of rotatable bonds is 3. The molecular formula is C6H7N3O3. The molecule has 0 aliphatic carbocycles. The zero-order chi connectivity index (χ0) is 9.72. The van der Waals surface area contributed by atoms with Gasteiger partial charge >= 0.3 is 5.97 Å². The summed E-state index contributed by atoms with van der Waals surface area (Å²) >= 11 is 0. The van der Waals surface area contributed by atoms with Gasteiger partial charge in [-0.1, -0.05) is 0 Å². The molecule has 0 aromatic rings. The Bertz CT molecular complexity index is 287. The number of nitrogens with zero attached hydrogens (tertiary/aromatic N) is 1. The molecule has 0 spiro atoms. The molecule has 0 bridgehead atoms. The van der Waals surface area contributed by atoms with Crippen molar-refractivity contribution in [3.05, 3.63) is 11.3 Å². The van der Waals surface area contributed by atoms with Gasteiger partial charge in [0.05, 0.1) is 6.42 Å². The van der Waals surface area contributed by atoms with E-state index in [0.717, 1.165) is 0 Å². The lowest BCUT2D eigenvalue weighted by atomic mass is 10.2. The molecule has 1 amide bonds. The van der Waals surface area contributed by atoms with Gasteiger partial charge in [-0.05, 0) is 0 Å². The first-order valence-electron chi connectivity index (χ1n) is 2.89. The van der Waals surface area contributed by atoms with Crippen LogP contribution in [0.1, 0.15) is 6.42 Å². The monoisotopic (exact) mass is 169 g/mol. The first-order chi connectivity index (χ1) is 5.49. The number of amides is 1. The molecule has 0 aromatic carbocycles. The molecule has 0 fully saturated rings. The summed E-state index contributed by atoms with van der Waals surface area (Å²) < 4.78 is 0. The van der Waals surface area contributed by atoms with Gasteiger partial charge in [0.15, 0.2) is 5.57 Å². The van der Waals surface area contributed by atoms with Crippen molar-refractivity contribution in [3.63, 3.8) is 0 Å². The van der Waals surface area contributed by atoms with Crippen molar-refractivity contribution in [1.29, 1.82) is 5.26 Å². The van der Waals surface area contributed by atoms with E-state index in [9.17, 15) is 9.59 Å².